The molecule has 0 amide bonds. The Kier molecular flexibility index (Phi) is 6.74. The number of nitrogens with zero attached hydrogens (tertiary/aromatic N) is 2. The van der Waals surface area contributed by atoms with Gasteiger partial charge in [0.2, 0.25) is 0 Å². The SMILES string of the molecule is CN(C)CC(C)(C)CNCCCC(C)(C)C#N. The molecular weight excluding hydrogens is 210 g/mol. The lowest BCUT2D eigenvalue weighted by Gasteiger charge is -2.28. The normalized spacial score (nSPS) is 12.8. The molecule has 0 aliphatic rings. The summed E-state index contributed by atoms with van der Waals surface area (Å²) in [7, 11) is 4.22. The summed E-state index contributed by atoms with van der Waals surface area (Å²) in [6.07, 6.45) is 2.03. The number of hydrogen-bond acceptors (Lipinski definition) is 3. The molecule has 0 rings (SSSR count). The Balaban J connectivity index is 3.69. The summed E-state index contributed by atoms with van der Waals surface area (Å²) >= 11 is 0. The van der Waals surface area contributed by atoms with E-state index in [2.05, 4.69) is 44.2 Å². The fourth-order valence-corrected chi connectivity index (χ4v) is 2.05. The van der Waals surface area contributed by atoms with E-state index in [0.717, 1.165) is 32.5 Å². The lowest BCUT2D eigenvalue weighted by atomic mass is 9.89. The molecule has 0 radical (unpaired) electrons. The molecule has 0 fully saturated rings. The number of hydrogen-bond donors (Lipinski definition) is 1. The summed E-state index contributed by atoms with van der Waals surface area (Å²) in [4.78, 5) is 2.22. The molecule has 0 unspecified atom stereocenters. The van der Waals surface area contributed by atoms with Gasteiger partial charge in [0.1, 0.15) is 0 Å². The highest BCUT2D eigenvalue weighted by atomic mass is 15.1. The summed E-state index contributed by atoms with van der Waals surface area (Å²) in [6.45, 7) is 11.7. The van der Waals surface area contributed by atoms with Crippen LogP contribution in [0.3, 0.4) is 0 Å². The van der Waals surface area contributed by atoms with Gasteiger partial charge in [0.05, 0.1) is 11.5 Å². The first-order valence-electron chi connectivity index (χ1n) is 6.45. The Morgan fingerprint density at radius 1 is 1.18 bits per heavy atom. The van der Waals surface area contributed by atoms with Gasteiger partial charge in [-0.05, 0) is 52.7 Å². The maximum absolute atomic E-state index is 8.90. The van der Waals surface area contributed by atoms with E-state index in [1.54, 1.807) is 0 Å². The average molecular weight is 239 g/mol. The van der Waals surface area contributed by atoms with Gasteiger partial charge in [-0.25, -0.2) is 0 Å². The molecule has 0 saturated heterocycles. The predicted molar refractivity (Wildman–Crippen MR) is 73.8 cm³/mol. The minimum Gasteiger partial charge on any atom is -0.316 e. The Labute approximate surface area is 107 Å². The molecule has 0 bridgehead atoms. The van der Waals surface area contributed by atoms with Crippen molar-refractivity contribution in [2.45, 2.75) is 40.5 Å². The topological polar surface area (TPSA) is 39.1 Å². The van der Waals surface area contributed by atoms with E-state index >= 15 is 0 Å². The second kappa shape index (κ2) is 6.98. The fraction of sp³-hybridized carbons (Fsp3) is 0.929. The Bertz CT molecular complexity index is 249. The van der Waals surface area contributed by atoms with Crippen LogP contribution in [-0.2, 0) is 0 Å². The Morgan fingerprint density at radius 3 is 2.24 bits per heavy atom. The van der Waals surface area contributed by atoms with Crippen molar-refractivity contribution in [3.63, 3.8) is 0 Å². The summed E-state index contributed by atoms with van der Waals surface area (Å²) in [5.41, 5.74) is 0.120. The molecule has 0 saturated carbocycles. The summed E-state index contributed by atoms with van der Waals surface area (Å²) in [5, 5.41) is 12.4. The van der Waals surface area contributed by atoms with Crippen molar-refractivity contribution in [3.05, 3.63) is 0 Å². The van der Waals surface area contributed by atoms with Gasteiger partial charge in [-0.1, -0.05) is 13.8 Å². The zero-order valence-electron chi connectivity index (χ0n) is 12.4. The molecule has 0 aromatic carbocycles. The average Bonchev–Trinajstić information content (AvgIpc) is 2.14. The standard InChI is InChI=1S/C14H29N3/c1-13(2,10-15)8-7-9-16-11-14(3,4)12-17(5)6/h16H,7-9,11-12H2,1-6H3. The van der Waals surface area contributed by atoms with Gasteiger partial charge in [0.25, 0.3) is 0 Å². The van der Waals surface area contributed by atoms with Gasteiger partial charge in [-0.15, -0.1) is 0 Å². The van der Waals surface area contributed by atoms with Crippen LogP contribution >= 0.6 is 0 Å². The molecule has 0 atom stereocenters. The van der Waals surface area contributed by atoms with Crippen molar-refractivity contribution >= 4 is 0 Å². The van der Waals surface area contributed by atoms with Gasteiger partial charge >= 0.3 is 0 Å². The van der Waals surface area contributed by atoms with Gasteiger partial charge in [0.15, 0.2) is 0 Å². The lowest BCUT2D eigenvalue weighted by Crippen LogP contribution is -2.38. The third-order valence-corrected chi connectivity index (χ3v) is 2.81. The smallest absolute Gasteiger partial charge is 0.0683 e. The highest BCUT2D eigenvalue weighted by Gasteiger charge is 2.19. The van der Waals surface area contributed by atoms with Crippen LogP contribution in [0.1, 0.15) is 40.5 Å². The van der Waals surface area contributed by atoms with E-state index in [0.29, 0.717) is 5.41 Å². The molecule has 3 nitrogen and oxygen atoms in total. The zero-order chi connectivity index (χ0) is 13.5. The minimum absolute atomic E-state index is 0.180. The van der Waals surface area contributed by atoms with Crippen LogP contribution < -0.4 is 5.32 Å². The highest BCUT2D eigenvalue weighted by molar-refractivity contribution is 4.91. The van der Waals surface area contributed by atoms with Gasteiger partial charge in [-0.2, -0.15) is 5.26 Å². The third-order valence-electron chi connectivity index (χ3n) is 2.81. The van der Waals surface area contributed by atoms with E-state index < -0.39 is 0 Å². The Hall–Kier alpha value is -0.590. The fourth-order valence-electron chi connectivity index (χ4n) is 2.05. The maximum atomic E-state index is 8.90. The van der Waals surface area contributed by atoms with Crippen molar-refractivity contribution in [3.8, 4) is 6.07 Å². The molecule has 0 spiro atoms. The zero-order valence-corrected chi connectivity index (χ0v) is 12.4. The minimum atomic E-state index is -0.180. The summed E-state index contributed by atoms with van der Waals surface area (Å²) in [5.74, 6) is 0. The molecule has 17 heavy (non-hydrogen) atoms. The second-order valence-corrected chi connectivity index (χ2v) is 6.68. The molecule has 0 aromatic heterocycles. The monoisotopic (exact) mass is 239 g/mol. The first-order chi connectivity index (χ1) is 7.68. The van der Waals surface area contributed by atoms with E-state index in [1.165, 1.54) is 0 Å². The number of nitrogens with one attached hydrogen (secondary N) is 1. The van der Waals surface area contributed by atoms with Crippen molar-refractivity contribution < 1.29 is 0 Å². The number of rotatable bonds is 8. The lowest BCUT2D eigenvalue weighted by molar-refractivity contribution is 0.231. The number of nitriles is 1. The van der Waals surface area contributed by atoms with Crippen LogP contribution in [-0.4, -0.2) is 38.6 Å². The molecule has 0 aliphatic heterocycles. The molecular formula is C14H29N3. The van der Waals surface area contributed by atoms with Crippen molar-refractivity contribution in [2.24, 2.45) is 10.8 Å². The summed E-state index contributed by atoms with van der Waals surface area (Å²) < 4.78 is 0. The van der Waals surface area contributed by atoms with Gasteiger partial charge in [-0.3, -0.25) is 0 Å². The second-order valence-electron chi connectivity index (χ2n) is 6.68. The van der Waals surface area contributed by atoms with Gasteiger partial charge < -0.3 is 10.2 Å². The molecule has 3 heteroatoms. The quantitative estimate of drug-likeness (QED) is 0.661. The van der Waals surface area contributed by atoms with Gasteiger partial charge in [0, 0.05) is 13.1 Å². The molecule has 1 N–H and O–H groups in total. The van der Waals surface area contributed by atoms with Crippen LogP contribution in [0.2, 0.25) is 0 Å². The predicted octanol–water partition coefficient (Wildman–Crippen LogP) is 2.49. The van der Waals surface area contributed by atoms with Crippen molar-refractivity contribution in [1.82, 2.24) is 10.2 Å². The van der Waals surface area contributed by atoms with Crippen LogP contribution in [0, 0.1) is 22.2 Å². The van der Waals surface area contributed by atoms with E-state index in [-0.39, 0.29) is 5.41 Å². The Morgan fingerprint density at radius 2 is 1.76 bits per heavy atom. The molecule has 0 heterocycles. The van der Waals surface area contributed by atoms with Crippen LogP contribution in [0.4, 0.5) is 0 Å². The van der Waals surface area contributed by atoms with E-state index in [4.69, 9.17) is 5.26 Å². The molecule has 100 valence electrons. The third kappa shape index (κ3) is 9.14. The first-order valence-corrected chi connectivity index (χ1v) is 6.45. The largest absolute Gasteiger partial charge is 0.316 e. The first kappa shape index (κ1) is 16.4. The van der Waals surface area contributed by atoms with E-state index in [9.17, 15) is 0 Å². The molecule has 0 aromatic rings. The van der Waals surface area contributed by atoms with Crippen molar-refractivity contribution in [2.75, 3.05) is 33.7 Å². The van der Waals surface area contributed by atoms with Crippen LogP contribution in [0.15, 0.2) is 0 Å². The van der Waals surface area contributed by atoms with Crippen LogP contribution in [0.25, 0.3) is 0 Å². The maximum Gasteiger partial charge on any atom is 0.0683 e. The van der Waals surface area contributed by atoms with Crippen LogP contribution in [0.5, 0.6) is 0 Å². The van der Waals surface area contributed by atoms with Crippen molar-refractivity contribution in [1.29, 1.82) is 5.26 Å². The summed E-state index contributed by atoms with van der Waals surface area (Å²) in [6, 6.07) is 2.34. The molecule has 0 aliphatic carbocycles. The van der Waals surface area contributed by atoms with E-state index in [1.807, 2.05) is 13.8 Å². The highest BCUT2D eigenvalue weighted by Crippen LogP contribution is 2.20.